The van der Waals surface area contributed by atoms with Gasteiger partial charge in [-0.3, -0.25) is 4.21 Å². The molecular formula is C7H10ClN3OS. The first-order valence-electron chi connectivity index (χ1n) is 3.75. The highest BCUT2D eigenvalue weighted by molar-refractivity contribution is 7.84. The second-order valence-corrected chi connectivity index (χ2v) is 4.00. The molecule has 1 rings (SSSR count). The lowest BCUT2D eigenvalue weighted by Gasteiger charge is -2.03. The third kappa shape index (κ3) is 2.93. The lowest BCUT2D eigenvalue weighted by atomic mass is 10.5. The summed E-state index contributed by atoms with van der Waals surface area (Å²) < 4.78 is 11.1. The van der Waals surface area contributed by atoms with Gasteiger partial charge in [0, 0.05) is 18.9 Å². The molecule has 1 heterocycles. The van der Waals surface area contributed by atoms with E-state index in [0.29, 0.717) is 11.0 Å². The van der Waals surface area contributed by atoms with E-state index in [1.165, 1.54) is 6.26 Å². The van der Waals surface area contributed by atoms with Crippen LogP contribution in [-0.2, 0) is 10.8 Å². The van der Waals surface area contributed by atoms with Gasteiger partial charge >= 0.3 is 0 Å². The van der Waals surface area contributed by atoms with Crippen molar-refractivity contribution >= 4 is 28.2 Å². The molecule has 13 heavy (non-hydrogen) atoms. The van der Waals surface area contributed by atoms with Gasteiger partial charge in [-0.25, -0.2) is 9.97 Å². The molecule has 0 fully saturated rings. The van der Waals surface area contributed by atoms with E-state index in [1.54, 1.807) is 6.07 Å². The molecule has 72 valence electrons. The summed E-state index contributed by atoms with van der Waals surface area (Å²) in [5, 5.41) is 3.53. The molecule has 0 aliphatic heterocycles. The zero-order chi connectivity index (χ0) is 9.84. The molecule has 0 bridgehead atoms. The number of halogens is 1. The van der Waals surface area contributed by atoms with Crippen LogP contribution in [0, 0.1) is 0 Å². The van der Waals surface area contributed by atoms with Crippen LogP contribution in [0.15, 0.2) is 11.2 Å². The second kappa shape index (κ2) is 4.53. The fourth-order valence-electron chi connectivity index (χ4n) is 0.797. The van der Waals surface area contributed by atoms with Crippen molar-refractivity contribution in [3.8, 4) is 0 Å². The van der Waals surface area contributed by atoms with Gasteiger partial charge in [-0.05, 0) is 6.92 Å². The summed E-state index contributed by atoms with van der Waals surface area (Å²) in [5.41, 5.74) is 0. The van der Waals surface area contributed by atoms with Gasteiger partial charge in [0.05, 0.1) is 10.8 Å². The summed E-state index contributed by atoms with van der Waals surface area (Å²) in [4.78, 5) is 7.85. The van der Waals surface area contributed by atoms with Crippen LogP contribution >= 0.6 is 11.6 Å². The summed E-state index contributed by atoms with van der Waals surface area (Å²) in [5.74, 6) is 0.604. The van der Waals surface area contributed by atoms with Crippen LogP contribution < -0.4 is 5.32 Å². The maximum Gasteiger partial charge on any atom is 0.221 e. The lowest BCUT2D eigenvalue weighted by molar-refractivity contribution is 0.679. The first kappa shape index (κ1) is 10.4. The van der Waals surface area contributed by atoms with Gasteiger partial charge in [-0.1, -0.05) is 11.6 Å². The average Bonchev–Trinajstić information content (AvgIpc) is 2.03. The molecule has 0 radical (unpaired) electrons. The van der Waals surface area contributed by atoms with Crippen molar-refractivity contribution < 1.29 is 4.21 Å². The number of nitrogens with zero attached hydrogens (tertiary/aromatic N) is 2. The van der Waals surface area contributed by atoms with Crippen LogP contribution in [0.1, 0.15) is 6.92 Å². The minimum absolute atomic E-state index is 0.253. The molecule has 0 unspecified atom stereocenters. The van der Waals surface area contributed by atoms with Crippen molar-refractivity contribution in [2.24, 2.45) is 0 Å². The van der Waals surface area contributed by atoms with Crippen molar-refractivity contribution in [3.05, 3.63) is 11.2 Å². The smallest absolute Gasteiger partial charge is 0.221 e. The Morgan fingerprint density at radius 3 is 2.85 bits per heavy atom. The molecule has 1 N–H and O–H groups in total. The van der Waals surface area contributed by atoms with Crippen LogP contribution in [0.2, 0.25) is 5.15 Å². The molecular weight excluding hydrogens is 210 g/mol. The highest BCUT2D eigenvalue weighted by atomic mass is 35.5. The number of anilines is 1. The van der Waals surface area contributed by atoms with Crippen molar-refractivity contribution in [2.75, 3.05) is 18.1 Å². The highest BCUT2D eigenvalue weighted by Gasteiger charge is 2.05. The Morgan fingerprint density at radius 1 is 1.62 bits per heavy atom. The molecule has 6 heteroatoms. The van der Waals surface area contributed by atoms with Gasteiger partial charge in [-0.15, -0.1) is 0 Å². The Labute approximate surface area is 84.2 Å². The SMILES string of the molecule is CCNc1cc(Cl)nc([S@@](C)=O)n1. The van der Waals surface area contributed by atoms with Gasteiger partial charge in [0.25, 0.3) is 0 Å². The Morgan fingerprint density at radius 2 is 2.31 bits per heavy atom. The predicted molar refractivity (Wildman–Crippen MR) is 53.5 cm³/mol. The Balaban J connectivity index is 3.03. The van der Waals surface area contributed by atoms with E-state index in [-0.39, 0.29) is 5.16 Å². The standard InChI is InChI=1S/C7H10ClN3OS/c1-3-9-6-4-5(8)10-7(11-6)13(2)12/h4H,3H2,1-2H3,(H,9,10,11)/t13-/m1/s1. The van der Waals surface area contributed by atoms with E-state index in [9.17, 15) is 4.21 Å². The molecule has 0 spiro atoms. The number of nitrogens with one attached hydrogen (secondary N) is 1. The molecule has 0 aliphatic carbocycles. The Bertz CT molecular complexity index is 332. The normalized spacial score (nSPS) is 12.5. The molecule has 1 aromatic rings. The van der Waals surface area contributed by atoms with E-state index in [2.05, 4.69) is 15.3 Å². The highest BCUT2D eigenvalue weighted by Crippen LogP contribution is 2.12. The van der Waals surface area contributed by atoms with Crippen LogP contribution in [0.4, 0.5) is 5.82 Å². The van der Waals surface area contributed by atoms with E-state index in [4.69, 9.17) is 11.6 Å². The molecule has 0 saturated heterocycles. The van der Waals surface area contributed by atoms with Crippen molar-refractivity contribution in [2.45, 2.75) is 12.1 Å². The summed E-state index contributed by atoms with van der Waals surface area (Å²) in [6.07, 6.45) is 1.52. The van der Waals surface area contributed by atoms with Gasteiger partial charge < -0.3 is 5.32 Å². The summed E-state index contributed by atoms with van der Waals surface area (Å²) >= 11 is 5.70. The second-order valence-electron chi connectivity index (χ2n) is 2.34. The van der Waals surface area contributed by atoms with Crippen LogP contribution in [0.3, 0.4) is 0 Å². The van der Waals surface area contributed by atoms with Crippen LogP contribution in [0.5, 0.6) is 0 Å². The van der Waals surface area contributed by atoms with E-state index in [0.717, 1.165) is 6.54 Å². The number of hydrogen-bond donors (Lipinski definition) is 1. The molecule has 0 amide bonds. The Hall–Kier alpha value is -0.680. The minimum atomic E-state index is -1.20. The van der Waals surface area contributed by atoms with Gasteiger partial charge in [0.2, 0.25) is 5.16 Å². The zero-order valence-electron chi connectivity index (χ0n) is 7.37. The molecule has 1 atom stereocenters. The monoisotopic (exact) mass is 219 g/mol. The van der Waals surface area contributed by atoms with Crippen molar-refractivity contribution in [3.63, 3.8) is 0 Å². The molecule has 4 nitrogen and oxygen atoms in total. The molecule has 0 aliphatic rings. The maximum absolute atomic E-state index is 11.1. The van der Waals surface area contributed by atoms with Crippen molar-refractivity contribution in [1.82, 2.24) is 9.97 Å². The number of aromatic nitrogens is 2. The predicted octanol–water partition coefficient (Wildman–Crippen LogP) is 1.30. The first-order valence-corrected chi connectivity index (χ1v) is 5.69. The molecule has 0 saturated carbocycles. The fourth-order valence-corrected chi connectivity index (χ4v) is 1.48. The summed E-state index contributed by atoms with van der Waals surface area (Å²) in [6, 6.07) is 1.60. The van der Waals surface area contributed by atoms with Gasteiger partial charge in [0.1, 0.15) is 11.0 Å². The minimum Gasteiger partial charge on any atom is -0.370 e. The fraction of sp³-hybridized carbons (Fsp3) is 0.429. The third-order valence-corrected chi connectivity index (χ3v) is 2.18. The number of rotatable bonds is 3. The summed E-state index contributed by atoms with van der Waals surface area (Å²) in [6.45, 7) is 2.68. The van der Waals surface area contributed by atoms with Crippen LogP contribution in [-0.4, -0.2) is 27.0 Å². The third-order valence-electron chi connectivity index (χ3n) is 1.29. The molecule has 0 aromatic carbocycles. The largest absolute Gasteiger partial charge is 0.370 e. The average molecular weight is 220 g/mol. The van der Waals surface area contributed by atoms with Gasteiger partial charge in [0.15, 0.2) is 0 Å². The van der Waals surface area contributed by atoms with Crippen molar-refractivity contribution in [1.29, 1.82) is 0 Å². The topological polar surface area (TPSA) is 54.9 Å². The van der Waals surface area contributed by atoms with Crippen LogP contribution in [0.25, 0.3) is 0 Å². The van der Waals surface area contributed by atoms with E-state index >= 15 is 0 Å². The zero-order valence-corrected chi connectivity index (χ0v) is 8.95. The maximum atomic E-state index is 11.1. The lowest BCUT2D eigenvalue weighted by Crippen LogP contribution is -2.04. The van der Waals surface area contributed by atoms with E-state index in [1.807, 2.05) is 6.92 Å². The quantitative estimate of drug-likeness (QED) is 0.615. The van der Waals surface area contributed by atoms with Gasteiger partial charge in [-0.2, -0.15) is 0 Å². The van der Waals surface area contributed by atoms with E-state index < -0.39 is 10.8 Å². The Kier molecular flexibility index (Phi) is 3.62. The summed E-state index contributed by atoms with van der Waals surface area (Å²) in [7, 11) is -1.20. The number of hydrogen-bond acceptors (Lipinski definition) is 4. The molecule has 1 aromatic heterocycles. The first-order chi connectivity index (χ1) is 6.13.